The Balaban J connectivity index is 2.27. The fraction of sp³-hybridized carbons (Fsp3) is 0.231. The first-order valence-corrected chi connectivity index (χ1v) is 5.93. The van der Waals surface area contributed by atoms with Gasteiger partial charge in [0.05, 0.1) is 12.2 Å². The maximum atomic E-state index is 11.6. The number of benzene rings is 1. The fourth-order valence-corrected chi connectivity index (χ4v) is 1.95. The molecule has 0 aliphatic heterocycles. The number of halogens is 1. The van der Waals surface area contributed by atoms with Gasteiger partial charge in [0, 0.05) is 16.7 Å². The van der Waals surface area contributed by atoms with Crippen molar-refractivity contribution in [3.63, 3.8) is 0 Å². The molecule has 1 heterocycles. The Hall–Kier alpha value is -1.65. The van der Waals surface area contributed by atoms with Gasteiger partial charge in [0.15, 0.2) is 0 Å². The highest BCUT2D eigenvalue weighted by Crippen LogP contribution is 2.23. The molecule has 0 fully saturated rings. The van der Waals surface area contributed by atoms with E-state index < -0.39 is 6.10 Å². The largest absolute Gasteiger partial charge is 0.386 e. The maximum Gasteiger partial charge on any atom is 0.266 e. The van der Waals surface area contributed by atoms with Gasteiger partial charge in [-0.25, -0.2) is 4.68 Å². The Kier molecular flexibility index (Phi) is 3.79. The number of aliphatic hydroxyl groups is 1. The summed E-state index contributed by atoms with van der Waals surface area (Å²) in [5.74, 6) is 0. The molecule has 0 saturated heterocycles. The summed E-state index contributed by atoms with van der Waals surface area (Å²) in [7, 11) is 0. The SMILES string of the molecule is Cc1ccc(=O)n(CC(O)c2ccccc2Cl)n1. The first-order chi connectivity index (χ1) is 8.58. The van der Waals surface area contributed by atoms with Crippen LogP contribution in [0.2, 0.25) is 5.02 Å². The second-order valence-electron chi connectivity index (χ2n) is 4.03. The number of nitrogens with zero attached hydrogens (tertiary/aromatic N) is 2. The van der Waals surface area contributed by atoms with Gasteiger partial charge in [-0.1, -0.05) is 29.8 Å². The zero-order valence-corrected chi connectivity index (χ0v) is 10.6. The van der Waals surface area contributed by atoms with Crippen LogP contribution in [-0.2, 0) is 6.54 Å². The number of aromatic nitrogens is 2. The van der Waals surface area contributed by atoms with E-state index in [1.54, 1.807) is 37.3 Å². The number of hydrogen-bond acceptors (Lipinski definition) is 3. The van der Waals surface area contributed by atoms with E-state index in [0.29, 0.717) is 10.6 Å². The summed E-state index contributed by atoms with van der Waals surface area (Å²) in [4.78, 5) is 11.6. The minimum absolute atomic E-state index is 0.0875. The molecule has 4 nitrogen and oxygen atoms in total. The molecule has 0 amide bonds. The molecule has 0 spiro atoms. The maximum absolute atomic E-state index is 11.6. The highest BCUT2D eigenvalue weighted by molar-refractivity contribution is 6.31. The molecule has 94 valence electrons. The molecule has 0 aliphatic rings. The summed E-state index contributed by atoms with van der Waals surface area (Å²) < 4.78 is 1.24. The fourth-order valence-electron chi connectivity index (χ4n) is 1.69. The van der Waals surface area contributed by atoms with Gasteiger partial charge in [-0.2, -0.15) is 5.10 Å². The first-order valence-electron chi connectivity index (χ1n) is 5.55. The van der Waals surface area contributed by atoms with Crippen molar-refractivity contribution >= 4 is 11.6 Å². The Morgan fingerprint density at radius 1 is 1.33 bits per heavy atom. The lowest BCUT2D eigenvalue weighted by molar-refractivity contribution is 0.149. The lowest BCUT2D eigenvalue weighted by Gasteiger charge is -2.13. The summed E-state index contributed by atoms with van der Waals surface area (Å²) in [5.41, 5.74) is 1.07. The summed E-state index contributed by atoms with van der Waals surface area (Å²) >= 11 is 5.99. The number of hydrogen-bond donors (Lipinski definition) is 1. The lowest BCUT2D eigenvalue weighted by Crippen LogP contribution is -2.25. The number of aliphatic hydroxyl groups excluding tert-OH is 1. The minimum atomic E-state index is -0.856. The molecule has 0 radical (unpaired) electrons. The van der Waals surface area contributed by atoms with E-state index in [2.05, 4.69) is 5.10 Å². The molecule has 18 heavy (non-hydrogen) atoms. The average Bonchev–Trinajstić information content (AvgIpc) is 2.34. The first kappa shape index (κ1) is 12.8. The molecular formula is C13H13ClN2O2. The van der Waals surface area contributed by atoms with Gasteiger partial charge in [0.1, 0.15) is 6.10 Å². The van der Waals surface area contributed by atoms with Crippen LogP contribution in [0.3, 0.4) is 0 Å². The molecule has 1 unspecified atom stereocenters. The lowest BCUT2D eigenvalue weighted by atomic mass is 10.1. The predicted octanol–water partition coefficient (Wildman–Crippen LogP) is 1.94. The topological polar surface area (TPSA) is 55.1 Å². The molecule has 1 atom stereocenters. The van der Waals surface area contributed by atoms with Crippen molar-refractivity contribution in [2.75, 3.05) is 0 Å². The average molecular weight is 265 g/mol. The smallest absolute Gasteiger partial charge is 0.266 e. The molecule has 0 bridgehead atoms. The monoisotopic (exact) mass is 264 g/mol. The van der Waals surface area contributed by atoms with Crippen LogP contribution >= 0.6 is 11.6 Å². The minimum Gasteiger partial charge on any atom is -0.386 e. The molecular weight excluding hydrogens is 252 g/mol. The molecule has 5 heteroatoms. The summed E-state index contributed by atoms with van der Waals surface area (Å²) in [6.07, 6.45) is -0.856. The van der Waals surface area contributed by atoms with Crippen LogP contribution in [0, 0.1) is 6.92 Å². The van der Waals surface area contributed by atoms with Gasteiger partial charge in [-0.3, -0.25) is 4.79 Å². The van der Waals surface area contributed by atoms with E-state index in [-0.39, 0.29) is 12.1 Å². The van der Waals surface area contributed by atoms with Crippen molar-refractivity contribution in [2.24, 2.45) is 0 Å². The van der Waals surface area contributed by atoms with Crippen molar-refractivity contribution in [1.82, 2.24) is 9.78 Å². The Bertz CT molecular complexity index is 610. The predicted molar refractivity (Wildman–Crippen MR) is 69.6 cm³/mol. The number of rotatable bonds is 3. The van der Waals surface area contributed by atoms with Crippen LogP contribution in [0.15, 0.2) is 41.2 Å². The number of aryl methyl sites for hydroxylation is 1. The van der Waals surface area contributed by atoms with Crippen LogP contribution in [-0.4, -0.2) is 14.9 Å². The van der Waals surface area contributed by atoms with Crippen LogP contribution in [0.1, 0.15) is 17.4 Å². The van der Waals surface area contributed by atoms with E-state index in [1.165, 1.54) is 10.7 Å². The summed E-state index contributed by atoms with van der Waals surface area (Å²) in [5, 5.41) is 14.6. The summed E-state index contributed by atoms with van der Waals surface area (Å²) in [6, 6.07) is 10.1. The van der Waals surface area contributed by atoms with Gasteiger partial charge in [0.25, 0.3) is 5.56 Å². The van der Waals surface area contributed by atoms with Crippen LogP contribution in [0.25, 0.3) is 0 Å². The van der Waals surface area contributed by atoms with Gasteiger partial charge in [-0.05, 0) is 19.1 Å². The van der Waals surface area contributed by atoms with Crippen molar-refractivity contribution in [3.05, 3.63) is 63.0 Å². The zero-order valence-electron chi connectivity index (χ0n) is 9.88. The molecule has 0 aliphatic carbocycles. The Morgan fingerprint density at radius 2 is 2.06 bits per heavy atom. The molecule has 2 rings (SSSR count). The Labute approximate surface area is 109 Å². The standard InChI is InChI=1S/C13H13ClN2O2/c1-9-6-7-13(18)16(15-9)8-12(17)10-4-2-3-5-11(10)14/h2-7,12,17H,8H2,1H3. The second kappa shape index (κ2) is 5.33. The Morgan fingerprint density at radius 3 is 2.78 bits per heavy atom. The highest BCUT2D eigenvalue weighted by Gasteiger charge is 2.13. The third kappa shape index (κ3) is 2.78. The van der Waals surface area contributed by atoms with Crippen LogP contribution < -0.4 is 5.56 Å². The van der Waals surface area contributed by atoms with Crippen molar-refractivity contribution in [3.8, 4) is 0 Å². The van der Waals surface area contributed by atoms with Gasteiger partial charge < -0.3 is 5.11 Å². The van der Waals surface area contributed by atoms with Gasteiger partial charge in [-0.15, -0.1) is 0 Å². The molecule has 0 saturated carbocycles. The van der Waals surface area contributed by atoms with E-state index in [0.717, 1.165) is 5.69 Å². The van der Waals surface area contributed by atoms with Crippen LogP contribution in [0.5, 0.6) is 0 Å². The molecule has 2 aromatic rings. The zero-order chi connectivity index (χ0) is 13.1. The van der Waals surface area contributed by atoms with E-state index in [1.807, 2.05) is 0 Å². The third-order valence-electron chi connectivity index (χ3n) is 2.61. The molecule has 1 aromatic carbocycles. The second-order valence-corrected chi connectivity index (χ2v) is 4.44. The van der Waals surface area contributed by atoms with Crippen molar-refractivity contribution in [1.29, 1.82) is 0 Å². The normalized spacial score (nSPS) is 12.4. The quantitative estimate of drug-likeness (QED) is 0.922. The van der Waals surface area contributed by atoms with Gasteiger partial charge in [0.2, 0.25) is 0 Å². The molecule has 1 aromatic heterocycles. The third-order valence-corrected chi connectivity index (χ3v) is 2.95. The highest BCUT2D eigenvalue weighted by atomic mass is 35.5. The van der Waals surface area contributed by atoms with Crippen LogP contribution in [0.4, 0.5) is 0 Å². The summed E-state index contributed by atoms with van der Waals surface area (Å²) in [6.45, 7) is 1.88. The van der Waals surface area contributed by atoms with Crippen molar-refractivity contribution in [2.45, 2.75) is 19.6 Å². The molecule has 1 N–H and O–H groups in total. The van der Waals surface area contributed by atoms with E-state index >= 15 is 0 Å². The van der Waals surface area contributed by atoms with Crippen molar-refractivity contribution < 1.29 is 5.11 Å². The van der Waals surface area contributed by atoms with E-state index in [9.17, 15) is 9.90 Å². The van der Waals surface area contributed by atoms with Gasteiger partial charge >= 0.3 is 0 Å². The van der Waals surface area contributed by atoms with E-state index in [4.69, 9.17) is 11.6 Å².